The predicted octanol–water partition coefficient (Wildman–Crippen LogP) is 4.64. The van der Waals surface area contributed by atoms with E-state index in [-0.39, 0.29) is 0 Å². The molecule has 2 nitrogen and oxygen atoms in total. The van der Waals surface area contributed by atoms with Crippen molar-refractivity contribution < 1.29 is 4.52 Å². The van der Waals surface area contributed by atoms with Crippen LogP contribution in [0.1, 0.15) is 43.7 Å². The van der Waals surface area contributed by atoms with Crippen LogP contribution in [-0.4, -0.2) is 5.16 Å². The third-order valence-corrected chi connectivity index (χ3v) is 3.95. The van der Waals surface area contributed by atoms with Crippen molar-refractivity contribution in [3.63, 3.8) is 0 Å². The molecule has 1 aromatic carbocycles. The average molecular weight is 280 g/mol. The van der Waals surface area contributed by atoms with Crippen LogP contribution in [0.4, 0.5) is 0 Å². The predicted molar refractivity (Wildman–Crippen MR) is 67.5 cm³/mol. The Labute approximate surface area is 103 Å². The highest BCUT2D eigenvalue weighted by Gasteiger charge is 2.21. The van der Waals surface area contributed by atoms with E-state index < -0.39 is 0 Å². The summed E-state index contributed by atoms with van der Waals surface area (Å²) < 4.78 is 6.45. The SMILES string of the molecule is Brc1ccc2c(C3CCCCC3)noc2c1. The molecule has 0 amide bonds. The van der Waals surface area contributed by atoms with Gasteiger partial charge in [0.15, 0.2) is 5.58 Å². The van der Waals surface area contributed by atoms with Gasteiger partial charge in [-0.05, 0) is 31.0 Å². The van der Waals surface area contributed by atoms with E-state index in [9.17, 15) is 0 Å². The van der Waals surface area contributed by atoms with Crippen LogP contribution in [-0.2, 0) is 0 Å². The highest BCUT2D eigenvalue weighted by atomic mass is 79.9. The lowest BCUT2D eigenvalue weighted by Crippen LogP contribution is -2.04. The molecule has 1 fully saturated rings. The largest absolute Gasteiger partial charge is 0.356 e. The van der Waals surface area contributed by atoms with E-state index in [0.29, 0.717) is 5.92 Å². The van der Waals surface area contributed by atoms with Crippen molar-refractivity contribution in [1.29, 1.82) is 0 Å². The van der Waals surface area contributed by atoms with Crippen LogP contribution in [0.25, 0.3) is 11.0 Å². The van der Waals surface area contributed by atoms with Crippen molar-refractivity contribution in [2.45, 2.75) is 38.0 Å². The van der Waals surface area contributed by atoms with Gasteiger partial charge in [-0.1, -0.05) is 40.3 Å². The summed E-state index contributed by atoms with van der Waals surface area (Å²) in [6.07, 6.45) is 6.55. The number of halogens is 1. The molecular weight excluding hydrogens is 266 g/mol. The van der Waals surface area contributed by atoms with Crippen LogP contribution >= 0.6 is 15.9 Å². The van der Waals surface area contributed by atoms with Crippen LogP contribution in [0.2, 0.25) is 0 Å². The Morgan fingerprint density at radius 2 is 2.00 bits per heavy atom. The van der Waals surface area contributed by atoms with E-state index in [2.05, 4.69) is 33.2 Å². The van der Waals surface area contributed by atoms with Crippen molar-refractivity contribution in [1.82, 2.24) is 5.16 Å². The summed E-state index contributed by atoms with van der Waals surface area (Å²) in [7, 11) is 0. The minimum Gasteiger partial charge on any atom is -0.356 e. The Hall–Kier alpha value is -0.830. The van der Waals surface area contributed by atoms with Gasteiger partial charge in [-0.25, -0.2) is 0 Å². The first-order valence-electron chi connectivity index (χ1n) is 5.89. The molecule has 2 aromatic rings. The standard InChI is InChI=1S/C13H14BrNO/c14-10-6-7-11-12(8-10)16-15-13(11)9-4-2-1-3-5-9/h6-9H,1-5H2. The maximum absolute atomic E-state index is 5.40. The molecule has 0 bridgehead atoms. The molecule has 0 saturated heterocycles. The average Bonchev–Trinajstić information content (AvgIpc) is 2.73. The molecule has 1 saturated carbocycles. The van der Waals surface area contributed by atoms with Gasteiger partial charge in [-0.3, -0.25) is 0 Å². The zero-order chi connectivity index (χ0) is 11.0. The van der Waals surface area contributed by atoms with Gasteiger partial charge >= 0.3 is 0 Å². The third-order valence-electron chi connectivity index (χ3n) is 3.45. The summed E-state index contributed by atoms with van der Waals surface area (Å²) >= 11 is 3.45. The number of benzene rings is 1. The Kier molecular flexibility index (Phi) is 2.72. The van der Waals surface area contributed by atoms with Crippen LogP contribution < -0.4 is 0 Å². The minimum absolute atomic E-state index is 0.608. The molecular formula is C13H14BrNO. The molecule has 0 N–H and O–H groups in total. The van der Waals surface area contributed by atoms with E-state index >= 15 is 0 Å². The highest BCUT2D eigenvalue weighted by Crippen LogP contribution is 2.36. The lowest BCUT2D eigenvalue weighted by molar-refractivity contribution is 0.396. The number of nitrogens with zero attached hydrogens (tertiary/aromatic N) is 1. The van der Waals surface area contributed by atoms with Gasteiger partial charge in [0.2, 0.25) is 0 Å². The number of hydrogen-bond acceptors (Lipinski definition) is 2. The smallest absolute Gasteiger partial charge is 0.168 e. The Bertz CT molecular complexity index is 500. The Balaban J connectivity index is 2.03. The highest BCUT2D eigenvalue weighted by molar-refractivity contribution is 9.10. The van der Waals surface area contributed by atoms with Crippen LogP contribution in [0, 0.1) is 0 Å². The number of hydrogen-bond donors (Lipinski definition) is 0. The number of aromatic nitrogens is 1. The molecule has 0 radical (unpaired) electrons. The van der Waals surface area contributed by atoms with Crippen LogP contribution in [0.15, 0.2) is 27.2 Å². The molecule has 3 heteroatoms. The van der Waals surface area contributed by atoms with Crippen molar-refractivity contribution in [3.05, 3.63) is 28.4 Å². The second-order valence-electron chi connectivity index (χ2n) is 4.54. The summed E-state index contributed by atoms with van der Waals surface area (Å²) in [6.45, 7) is 0. The van der Waals surface area contributed by atoms with E-state index in [0.717, 1.165) is 10.1 Å². The quantitative estimate of drug-likeness (QED) is 0.760. The van der Waals surface area contributed by atoms with Crippen LogP contribution in [0.5, 0.6) is 0 Å². The Morgan fingerprint density at radius 1 is 1.19 bits per heavy atom. The van der Waals surface area contributed by atoms with Gasteiger partial charge in [0, 0.05) is 15.8 Å². The van der Waals surface area contributed by atoms with E-state index in [1.165, 1.54) is 43.2 Å². The first-order chi connectivity index (χ1) is 7.84. The Morgan fingerprint density at radius 3 is 2.81 bits per heavy atom. The zero-order valence-electron chi connectivity index (χ0n) is 9.08. The summed E-state index contributed by atoms with van der Waals surface area (Å²) in [6, 6.07) is 6.17. The molecule has 1 aliphatic carbocycles. The topological polar surface area (TPSA) is 26.0 Å². The summed E-state index contributed by atoms with van der Waals surface area (Å²) in [5, 5.41) is 5.45. The van der Waals surface area contributed by atoms with Crippen molar-refractivity contribution in [2.75, 3.05) is 0 Å². The minimum atomic E-state index is 0.608. The third kappa shape index (κ3) is 1.77. The van der Waals surface area contributed by atoms with E-state index in [4.69, 9.17) is 4.52 Å². The maximum atomic E-state index is 5.40. The molecule has 16 heavy (non-hydrogen) atoms. The molecule has 0 spiro atoms. The second kappa shape index (κ2) is 4.21. The number of rotatable bonds is 1. The summed E-state index contributed by atoms with van der Waals surface area (Å²) in [5.74, 6) is 0.608. The molecule has 0 atom stereocenters. The molecule has 1 heterocycles. The first kappa shape index (κ1) is 10.3. The van der Waals surface area contributed by atoms with Gasteiger partial charge in [-0.2, -0.15) is 0 Å². The van der Waals surface area contributed by atoms with Crippen molar-refractivity contribution in [2.24, 2.45) is 0 Å². The van der Waals surface area contributed by atoms with Gasteiger partial charge in [0.25, 0.3) is 0 Å². The lowest BCUT2D eigenvalue weighted by atomic mass is 9.86. The van der Waals surface area contributed by atoms with Gasteiger partial charge in [0.1, 0.15) is 0 Å². The van der Waals surface area contributed by atoms with Crippen LogP contribution in [0.3, 0.4) is 0 Å². The molecule has 0 unspecified atom stereocenters. The molecule has 1 aliphatic rings. The monoisotopic (exact) mass is 279 g/mol. The first-order valence-corrected chi connectivity index (χ1v) is 6.69. The van der Waals surface area contributed by atoms with E-state index in [1.54, 1.807) is 0 Å². The van der Waals surface area contributed by atoms with Gasteiger partial charge in [0.05, 0.1) is 5.69 Å². The fraction of sp³-hybridized carbons (Fsp3) is 0.462. The fourth-order valence-corrected chi connectivity index (χ4v) is 2.94. The maximum Gasteiger partial charge on any atom is 0.168 e. The molecule has 1 aromatic heterocycles. The summed E-state index contributed by atoms with van der Waals surface area (Å²) in [4.78, 5) is 0. The zero-order valence-corrected chi connectivity index (χ0v) is 10.7. The lowest BCUT2D eigenvalue weighted by Gasteiger charge is -2.19. The van der Waals surface area contributed by atoms with Gasteiger partial charge in [-0.15, -0.1) is 0 Å². The van der Waals surface area contributed by atoms with Crippen molar-refractivity contribution >= 4 is 26.9 Å². The number of fused-ring (bicyclic) bond motifs is 1. The molecule has 0 aliphatic heterocycles. The second-order valence-corrected chi connectivity index (χ2v) is 5.46. The van der Waals surface area contributed by atoms with Gasteiger partial charge < -0.3 is 4.52 Å². The molecule has 84 valence electrons. The summed E-state index contributed by atoms with van der Waals surface area (Å²) in [5.41, 5.74) is 2.07. The van der Waals surface area contributed by atoms with E-state index in [1.807, 2.05) is 6.07 Å². The molecule has 3 rings (SSSR count). The van der Waals surface area contributed by atoms with Crippen molar-refractivity contribution in [3.8, 4) is 0 Å². The fourth-order valence-electron chi connectivity index (χ4n) is 2.60. The normalized spacial score (nSPS) is 18.1.